The molecule has 0 aliphatic carbocycles. The summed E-state index contributed by atoms with van der Waals surface area (Å²) in [5, 5.41) is 14.4. The molecule has 172 valence electrons. The predicted molar refractivity (Wildman–Crippen MR) is 127 cm³/mol. The number of benzene rings is 3. The molecular weight excluding hydrogens is 489 g/mol. The highest BCUT2D eigenvalue weighted by molar-refractivity contribution is 7.89. The predicted octanol–water partition coefficient (Wildman–Crippen LogP) is 5.04. The smallest absolute Gasteiger partial charge is 0.271 e. The van der Waals surface area contributed by atoms with E-state index in [1.165, 1.54) is 42.5 Å². The van der Waals surface area contributed by atoms with Gasteiger partial charge in [-0.05, 0) is 54.4 Å². The quantitative estimate of drug-likeness (QED) is 0.339. The molecule has 0 aromatic heterocycles. The number of halogens is 2. The SMILES string of the molecule is Cc1ccc([N+](=O)[O-])cc1NC(=O)CN(Cc1cccc(Cl)c1)S(=O)(=O)c1ccc(Cl)cc1. The summed E-state index contributed by atoms with van der Waals surface area (Å²) in [5.74, 6) is -0.654. The molecule has 3 rings (SSSR count). The minimum absolute atomic E-state index is 0.0340. The molecule has 33 heavy (non-hydrogen) atoms. The molecule has 0 heterocycles. The topological polar surface area (TPSA) is 110 Å². The standard InChI is InChI=1S/C22H19Cl2N3O5S/c1-15-5-8-19(27(29)30)12-21(15)25-22(28)14-26(13-16-3-2-4-18(24)11-16)33(31,32)20-9-6-17(23)7-10-20/h2-12H,13-14H2,1H3,(H,25,28). The Morgan fingerprint density at radius 3 is 2.36 bits per heavy atom. The van der Waals surface area contributed by atoms with Crippen molar-refractivity contribution in [3.05, 3.63) is 98.0 Å². The molecule has 0 atom stereocenters. The zero-order valence-corrected chi connectivity index (χ0v) is 19.7. The maximum absolute atomic E-state index is 13.3. The molecule has 0 unspecified atom stereocenters. The first-order valence-electron chi connectivity index (χ1n) is 9.61. The Hall–Kier alpha value is -2.98. The zero-order chi connectivity index (χ0) is 24.2. The second-order valence-electron chi connectivity index (χ2n) is 7.16. The van der Waals surface area contributed by atoms with Crippen molar-refractivity contribution in [1.82, 2.24) is 4.31 Å². The summed E-state index contributed by atoms with van der Waals surface area (Å²) in [7, 11) is -4.09. The average Bonchev–Trinajstić information content (AvgIpc) is 2.75. The Morgan fingerprint density at radius 1 is 1.03 bits per heavy atom. The number of non-ortho nitro benzene ring substituents is 1. The van der Waals surface area contributed by atoms with Gasteiger partial charge in [-0.15, -0.1) is 0 Å². The minimum Gasteiger partial charge on any atom is -0.324 e. The maximum atomic E-state index is 13.3. The molecule has 3 aromatic carbocycles. The normalized spacial score (nSPS) is 11.4. The monoisotopic (exact) mass is 507 g/mol. The molecule has 1 amide bonds. The van der Waals surface area contributed by atoms with E-state index in [0.717, 1.165) is 4.31 Å². The molecule has 8 nitrogen and oxygen atoms in total. The fourth-order valence-corrected chi connectivity index (χ4v) is 4.75. The lowest BCUT2D eigenvalue weighted by Gasteiger charge is -2.22. The van der Waals surface area contributed by atoms with Crippen molar-refractivity contribution >= 4 is 50.5 Å². The molecule has 11 heteroatoms. The summed E-state index contributed by atoms with van der Waals surface area (Å²) >= 11 is 11.9. The van der Waals surface area contributed by atoms with Crippen LogP contribution in [0.1, 0.15) is 11.1 Å². The Labute approximate surface area is 200 Å². The van der Waals surface area contributed by atoms with Crippen molar-refractivity contribution in [1.29, 1.82) is 0 Å². The Kier molecular flexibility index (Phi) is 7.70. The van der Waals surface area contributed by atoms with E-state index in [0.29, 0.717) is 21.2 Å². The molecular formula is C22H19Cl2N3O5S. The number of nitrogens with one attached hydrogen (secondary N) is 1. The van der Waals surface area contributed by atoms with E-state index in [-0.39, 0.29) is 22.8 Å². The third-order valence-electron chi connectivity index (χ3n) is 4.73. The van der Waals surface area contributed by atoms with E-state index in [2.05, 4.69) is 5.32 Å². The van der Waals surface area contributed by atoms with Crippen LogP contribution in [0.25, 0.3) is 0 Å². The van der Waals surface area contributed by atoms with Crippen LogP contribution in [0.15, 0.2) is 71.6 Å². The zero-order valence-electron chi connectivity index (χ0n) is 17.4. The fourth-order valence-electron chi connectivity index (χ4n) is 3.03. The molecule has 0 aliphatic heterocycles. The van der Waals surface area contributed by atoms with Gasteiger partial charge in [-0.2, -0.15) is 4.31 Å². The van der Waals surface area contributed by atoms with Crippen molar-refractivity contribution in [2.75, 3.05) is 11.9 Å². The van der Waals surface area contributed by atoms with Crippen LogP contribution in [-0.4, -0.2) is 30.1 Å². The maximum Gasteiger partial charge on any atom is 0.271 e. The molecule has 1 N–H and O–H groups in total. The highest BCUT2D eigenvalue weighted by Gasteiger charge is 2.27. The van der Waals surface area contributed by atoms with Gasteiger partial charge in [0.25, 0.3) is 5.69 Å². The number of hydrogen-bond acceptors (Lipinski definition) is 5. The highest BCUT2D eigenvalue weighted by Crippen LogP contribution is 2.24. The largest absolute Gasteiger partial charge is 0.324 e. The van der Waals surface area contributed by atoms with Crippen LogP contribution in [0, 0.1) is 17.0 Å². The number of nitrogens with zero attached hydrogens (tertiary/aromatic N) is 2. The summed E-state index contributed by atoms with van der Waals surface area (Å²) in [6.07, 6.45) is 0. The third-order valence-corrected chi connectivity index (χ3v) is 7.02. The number of carbonyl (C=O) groups excluding carboxylic acids is 1. The number of nitro benzene ring substituents is 1. The first kappa shape index (κ1) is 24.7. The number of hydrogen-bond donors (Lipinski definition) is 1. The summed E-state index contributed by atoms with van der Waals surface area (Å²) in [4.78, 5) is 23.3. The van der Waals surface area contributed by atoms with Crippen LogP contribution in [0.4, 0.5) is 11.4 Å². The molecule has 0 radical (unpaired) electrons. The van der Waals surface area contributed by atoms with E-state index in [4.69, 9.17) is 23.2 Å². The summed E-state index contributed by atoms with van der Waals surface area (Å²) in [6.45, 7) is 1.03. The van der Waals surface area contributed by atoms with E-state index in [1.54, 1.807) is 31.2 Å². The second kappa shape index (κ2) is 10.3. The number of carbonyl (C=O) groups is 1. The van der Waals surface area contributed by atoms with E-state index >= 15 is 0 Å². The molecule has 0 spiro atoms. The van der Waals surface area contributed by atoms with E-state index < -0.39 is 27.4 Å². The number of rotatable bonds is 8. The van der Waals surface area contributed by atoms with Gasteiger partial charge in [-0.3, -0.25) is 14.9 Å². The average molecular weight is 508 g/mol. The molecule has 0 fully saturated rings. The van der Waals surface area contributed by atoms with Gasteiger partial charge in [0.1, 0.15) is 0 Å². The number of amides is 1. The van der Waals surface area contributed by atoms with Crippen LogP contribution in [0.3, 0.4) is 0 Å². The molecule has 0 saturated carbocycles. The van der Waals surface area contributed by atoms with Crippen molar-refractivity contribution in [2.24, 2.45) is 0 Å². The summed E-state index contributed by atoms with van der Waals surface area (Å²) < 4.78 is 27.6. The molecule has 0 bridgehead atoms. The van der Waals surface area contributed by atoms with Crippen LogP contribution < -0.4 is 5.32 Å². The van der Waals surface area contributed by atoms with E-state index in [1.807, 2.05) is 0 Å². The van der Waals surface area contributed by atoms with Gasteiger partial charge < -0.3 is 5.32 Å². The number of anilines is 1. The van der Waals surface area contributed by atoms with Crippen molar-refractivity contribution < 1.29 is 18.1 Å². The Balaban J connectivity index is 1.91. The van der Waals surface area contributed by atoms with Crippen LogP contribution in [0.2, 0.25) is 10.0 Å². The second-order valence-corrected chi connectivity index (χ2v) is 9.97. The fraction of sp³-hybridized carbons (Fsp3) is 0.136. The van der Waals surface area contributed by atoms with Crippen LogP contribution in [-0.2, 0) is 21.4 Å². The first-order valence-corrected chi connectivity index (χ1v) is 11.8. The molecule has 0 saturated heterocycles. The van der Waals surface area contributed by atoms with Gasteiger partial charge in [-0.25, -0.2) is 8.42 Å². The highest BCUT2D eigenvalue weighted by atomic mass is 35.5. The number of sulfonamides is 1. The van der Waals surface area contributed by atoms with Crippen molar-refractivity contribution in [3.8, 4) is 0 Å². The third kappa shape index (κ3) is 6.29. The van der Waals surface area contributed by atoms with Gasteiger partial charge in [-0.1, -0.05) is 41.4 Å². The van der Waals surface area contributed by atoms with Crippen molar-refractivity contribution in [2.45, 2.75) is 18.4 Å². The number of aryl methyl sites for hydroxylation is 1. The number of nitro groups is 1. The summed E-state index contributed by atoms with van der Waals surface area (Å²) in [6, 6.07) is 16.3. The lowest BCUT2D eigenvalue weighted by atomic mass is 10.2. The van der Waals surface area contributed by atoms with Gasteiger partial charge >= 0.3 is 0 Å². The van der Waals surface area contributed by atoms with Gasteiger partial charge in [0, 0.05) is 28.7 Å². The van der Waals surface area contributed by atoms with Crippen LogP contribution >= 0.6 is 23.2 Å². The van der Waals surface area contributed by atoms with Crippen LogP contribution in [0.5, 0.6) is 0 Å². The summed E-state index contributed by atoms with van der Waals surface area (Å²) in [5.41, 5.74) is 1.21. The van der Waals surface area contributed by atoms with Gasteiger partial charge in [0.15, 0.2) is 0 Å². The Bertz CT molecular complexity index is 1300. The first-order chi connectivity index (χ1) is 15.6. The van der Waals surface area contributed by atoms with Crippen molar-refractivity contribution in [3.63, 3.8) is 0 Å². The molecule has 3 aromatic rings. The van der Waals surface area contributed by atoms with Gasteiger partial charge in [0.05, 0.1) is 22.1 Å². The lowest BCUT2D eigenvalue weighted by Crippen LogP contribution is -2.37. The molecule has 0 aliphatic rings. The Morgan fingerprint density at radius 2 is 1.73 bits per heavy atom. The lowest BCUT2D eigenvalue weighted by molar-refractivity contribution is -0.384. The van der Waals surface area contributed by atoms with E-state index in [9.17, 15) is 23.3 Å². The van der Waals surface area contributed by atoms with Gasteiger partial charge in [0.2, 0.25) is 15.9 Å². The minimum atomic E-state index is -4.09.